The van der Waals surface area contributed by atoms with E-state index in [1.165, 1.54) is 72.0 Å². The van der Waals surface area contributed by atoms with Crippen LogP contribution in [-0.4, -0.2) is 0 Å². The van der Waals surface area contributed by atoms with Crippen LogP contribution in [0, 0.1) is 0 Å². The fraction of sp³-hybridized carbons (Fsp3) is 0. The maximum absolute atomic E-state index is 2.40. The molecule has 164 valence electrons. The number of fused-ring (bicyclic) bond motifs is 7. The van der Waals surface area contributed by atoms with Gasteiger partial charge in [-0.25, -0.2) is 0 Å². The highest BCUT2D eigenvalue weighted by Crippen LogP contribution is 2.51. The van der Waals surface area contributed by atoms with Gasteiger partial charge in [-0.1, -0.05) is 91.0 Å². The molecule has 0 unspecified atom stereocenters. The van der Waals surface area contributed by atoms with E-state index in [4.69, 9.17) is 0 Å². The Morgan fingerprint density at radius 1 is 0.400 bits per heavy atom. The molecule has 0 amide bonds. The Bertz CT molecular complexity index is 2070. The molecule has 0 saturated heterocycles. The van der Waals surface area contributed by atoms with Crippen molar-refractivity contribution in [1.82, 2.24) is 0 Å². The zero-order valence-electron chi connectivity index (χ0n) is 18.6. The van der Waals surface area contributed by atoms with E-state index in [0.717, 1.165) is 0 Å². The van der Waals surface area contributed by atoms with Crippen molar-refractivity contribution in [3.8, 4) is 20.2 Å². The van der Waals surface area contributed by atoms with Crippen molar-refractivity contribution in [1.29, 1.82) is 0 Å². The van der Waals surface area contributed by atoms with Gasteiger partial charge in [0, 0.05) is 34.8 Å². The molecule has 0 fully saturated rings. The van der Waals surface area contributed by atoms with Crippen molar-refractivity contribution in [3.63, 3.8) is 0 Å². The molecule has 0 bridgehead atoms. The summed E-state index contributed by atoms with van der Waals surface area (Å²) in [5.74, 6) is 0. The van der Waals surface area contributed by atoms with Crippen LogP contribution >= 0.6 is 34.0 Å². The molecule has 8 aromatic rings. The van der Waals surface area contributed by atoms with E-state index in [1.807, 2.05) is 34.0 Å². The largest absolute Gasteiger partial charge is 0.134 e. The SMILES string of the molecule is c1ccc2c(c1)ccc1cc(-c3sc4ccccc4c3-c3cc4ccc5ccccc5c4s3)sc12. The van der Waals surface area contributed by atoms with Gasteiger partial charge in [0.2, 0.25) is 0 Å². The first-order valence-corrected chi connectivity index (χ1v) is 14.1. The van der Waals surface area contributed by atoms with E-state index in [9.17, 15) is 0 Å². The number of hydrogen-bond donors (Lipinski definition) is 0. The molecule has 0 aliphatic carbocycles. The Labute approximate surface area is 214 Å². The number of thiophene rings is 3. The van der Waals surface area contributed by atoms with Crippen LogP contribution in [0.2, 0.25) is 0 Å². The molecule has 0 aliphatic heterocycles. The van der Waals surface area contributed by atoms with Crippen LogP contribution in [-0.2, 0) is 0 Å². The summed E-state index contributed by atoms with van der Waals surface area (Å²) in [7, 11) is 0. The molecule has 3 heteroatoms. The fourth-order valence-corrected chi connectivity index (χ4v) is 9.08. The summed E-state index contributed by atoms with van der Waals surface area (Å²) in [4.78, 5) is 4.09. The minimum absolute atomic E-state index is 1.31. The van der Waals surface area contributed by atoms with E-state index >= 15 is 0 Å². The topological polar surface area (TPSA) is 0 Å². The van der Waals surface area contributed by atoms with Gasteiger partial charge in [0.15, 0.2) is 0 Å². The minimum atomic E-state index is 1.31. The standard InChI is InChI=1S/C32H18S3/c1-3-9-23-19(7-1)13-15-21-17-27(34-30(21)23)29-25-11-5-6-12-26(25)33-32(29)28-18-22-16-14-20-8-2-4-10-24(20)31(22)35-28/h1-18H. The highest BCUT2D eigenvalue weighted by Gasteiger charge is 2.20. The lowest BCUT2D eigenvalue weighted by atomic mass is 10.1. The first kappa shape index (κ1) is 19.8. The van der Waals surface area contributed by atoms with Gasteiger partial charge < -0.3 is 0 Å². The van der Waals surface area contributed by atoms with Crippen molar-refractivity contribution in [3.05, 3.63) is 109 Å². The second-order valence-corrected chi connectivity index (χ2v) is 12.1. The van der Waals surface area contributed by atoms with Crippen LogP contribution in [0.1, 0.15) is 0 Å². The molecular formula is C32H18S3. The normalized spacial score (nSPS) is 12.0. The molecule has 0 nitrogen and oxygen atoms in total. The Balaban J connectivity index is 1.43. The average molecular weight is 499 g/mol. The average Bonchev–Trinajstić information content (AvgIpc) is 3.63. The Morgan fingerprint density at radius 2 is 0.914 bits per heavy atom. The van der Waals surface area contributed by atoms with E-state index < -0.39 is 0 Å². The van der Waals surface area contributed by atoms with Crippen LogP contribution in [0.5, 0.6) is 0 Å². The summed E-state index contributed by atoms with van der Waals surface area (Å²) in [5.41, 5.74) is 1.38. The Kier molecular flexibility index (Phi) is 4.23. The first-order chi connectivity index (χ1) is 17.3. The third-order valence-electron chi connectivity index (χ3n) is 6.88. The van der Waals surface area contributed by atoms with Gasteiger partial charge in [-0.05, 0) is 50.5 Å². The lowest BCUT2D eigenvalue weighted by Gasteiger charge is -2.00. The molecule has 8 rings (SSSR count). The van der Waals surface area contributed by atoms with Crippen LogP contribution in [0.4, 0.5) is 0 Å². The predicted octanol–water partition coefficient (Wildman–Crippen LogP) is 11.0. The van der Waals surface area contributed by atoms with E-state index in [0.29, 0.717) is 0 Å². The van der Waals surface area contributed by atoms with Gasteiger partial charge in [-0.3, -0.25) is 0 Å². The van der Waals surface area contributed by atoms with Crippen LogP contribution in [0.15, 0.2) is 109 Å². The minimum Gasteiger partial charge on any atom is -0.134 e. The zero-order chi connectivity index (χ0) is 22.9. The van der Waals surface area contributed by atoms with E-state index in [2.05, 4.69) is 109 Å². The lowest BCUT2D eigenvalue weighted by molar-refractivity contribution is 1.81. The van der Waals surface area contributed by atoms with Crippen LogP contribution in [0.25, 0.3) is 72.0 Å². The van der Waals surface area contributed by atoms with Crippen LogP contribution < -0.4 is 0 Å². The molecule has 0 N–H and O–H groups in total. The monoisotopic (exact) mass is 498 g/mol. The molecule has 3 heterocycles. The second-order valence-electron chi connectivity index (χ2n) is 8.93. The second kappa shape index (κ2) is 7.50. The summed E-state index contributed by atoms with van der Waals surface area (Å²) < 4.78 is 4.10. The smallest absolute Gasteiger partial charge is 0.0542 e. The van der Waals surface area contributed by atoms with Gasteiger partial charge in [0.25, 0.3) is 0 Å². The molecule has 0 radical (unpaired) electrons. The third kappa shape index (κ3) is 2.96. The van der Waals surface area contributed by atoms with Crippen molar-refractivity contribution in [2.75, 3.05) is 0 Å². The summed E-state index contributed by atoms with van der Waals surface area (Å²) in [5, 5.41) is 9.31. The van der Waals surface area contributed by atoms with E-state index in [-0.39, 0.29) is 0 Å². The summed E-state index contributed by atoms with van der Waals surface area (Å²) in [6.45, 7) is 0. The van der Waals surface area contributed by atoms with Gasteiger partial charge >= 0.3 is 0 Å². The molecule has 0 spiro atoms. The van der Waals surface area contributed by atoms with Crippen molar-refractivity contribution < 1.29 is 0 Å². The molecule has 3 aromatic heterocycles. The first-order valence-electron chi connectivity index (χ1n) is 11.7. The van der Waals surface area contributed by atoms with Crippen molar-refractivity contribution in [2.24, 2.45) is 0 Å². The molecule has 35 heavy (non-hydrogen) atoms. The molecule has 0 atom stereocenters. The summed E-state index contributed by atoms with van der Waals surface area (Å²) in [6.07, 6.45) is 0. The maximum atomic E-state index is 2.40. The highest BCUT2D eigenvalue weighted by atomic mass is 32.1. The van der Waals surface area contributed by atoms with Gasteiger partial charge in [0.05, 0.1) is 4.88 Å². The van der Waals surface area contributed by atoms with Gasteiger partial charge in [0.1, 0.15) is 0 Å². The molecule has 0 saturated carbocycles. The Hall–Kier alpha value is -3.50. The van der Waals surface area contributed by atoms with Gasteiger partial charge in [-0.2, -0.15) is 0 Å². The van der Waals surface area contributed by atoms with Crippen molar-refractivity contribution in [2.45, 2.75) is 0 Å². The van der Waals surface area contributed by atoms with Crippen LogP contribution in [0.3, 0.4) is 0 Å². The molecule has 5 aromatic carbocycles. The van der Waals surface area contributed by atoms with Gasteiger partial charge in [-0.15, -0.1) is 34.0 Å². The number of rotatable bonds is 2. The quantitative estimate of drug-likeness (QED) is 0.222. The van der Waals surface area contributed by atoms with E-state index in [1.54, 1.807) is 0 Å². The fourth-order valence-electron chi connectivity index (χ4n) is 5.23. The maximum Gasteiger partial charge on any atom is 0.0542 e. The number of benzene rings is 5. The van der Waals surface area contributed by atoms with Crippen molar-refractivity contribution >= 4 is 85.8 Å². The summed E-state index contributed by atoms with van der Waals surface area (Å²) in [6, 6.07) is 40.2. The third-order valence-corrected chi connectivity index (χ3v) is 10.6. The zero-order valence-corrected chi connectivity index (χ0v) is 21.1. The predicted molar refractivity (Wildman–Crippen MR) is 158 cm³/mol. The number of hydrogen-bond acceptors (Lipinski definition) is 3. The lowest BCUT2D eigenvalue weighted by Crippen LogP contribution is -1.73. The Morgan fingerprint density at radius 3 is 1.60 bits per heavy atom. The molecule has 0 aliphatic rings. The summed E-state index contributed by atoms with van der Waals surface area (Å²) >= 11 is 5.78. The molecular weight excluding hydrogens is 481 g/mol. The highest BCUT2D eigenvalue weighted by molar-refractivity contribution is 7.30.